The first-order valence-corrected chi connectivity index (χ1v) is 8.15. The third kappa shape index (κ3) is 5.07. The second-order valence-electron chi connectivity index (χ2n) is 4.58. The molecular formula is C15H15BrF2N2S. The first-order chi connectivity index (χ1) is 10.1. The van der Waals surface area contributed by atoms with Gasteiger partial charge in [-0.15, -0.1) is 11.8 Å². The van der Waals surface area contributed by atoms with Gasteiger partial charge in [-0.05, 0) is 58.2 Å². The van der Waals surface area contributed by atoms with Crippen LogP contribution in [0.5, 0.6) is 0 Å². The van der Waals surface area contributed by atoms with Crippen molar-refractivity contribution in [3.05, 3.63) is 64.1 Å². The predicted octanol–water partition coefficient (Wildman–Crippen LogP) is 3.89. The Morgan fingerprint density at radius 2 is 2.00 bits per heavy atom. The summed E-state index contributed by atoms with van der Waals surface area (Å²) in [4.78, 5) is 0.857. The molecule has 21 heavy (non-hydrogen) atoms. The van der Waals surface area contributed by atoms with Crippen LogP contribution in [0.2, 0.25) is 0 Å². The van der Waals surface area contributed by atoms with Crippen LogP contribution < -0.4 is 11.3 Å². The number of nitrogens with one attached hydrogen (secondary N) is 1. The van der Waals surface area contributed by atoms with Crippen molar-refractivity contribution >= 4 is 27.7 Å². The van der Waals surface area contributed by atoms with Gasteiger partial charge in [0.2, 0.25) is 0 Å². The maximum Gasteiger partial charge on any atom is 0.137 e. The Labute approximate surface area is 135 Å². The first kappa shape index (κ1) is 16.4. The van der Waals surface area contributed by atoms with Crippen molar-refractivity contribution in [3.63, 3.8) is 0 Å². The molecule has 2 aromatic rings. The topological polar surface area (TPSA) is 38.0 Å². The monoisotopic (exact) mass is 372 g/mol. The minimum atomic E-state index is -0.287. The van der Waals surface area contributed by atoms with Gasteiger partial charge in [-0.3, -0.25) is 11.3 Å². The highest BCUT2D eigenvalue weighted by Crippen LogP contribution is 2.22. The van der Waals surface area contributed by atoms with Crippen molar-refractivity contribution in [2.45, 2.75) is 17.4 Å². The van der Waals surface area contributed by atoms with Crippen molar-refractivity contribution in [2.75, 3.05) is 5.75 Å². The van der Waals surface area contributed by atoms with E-state index in [2.05, 4.69) is 21.4 Å². The van der Waals surface area contributed by atoms with Gasteiger partial charge in [0.05, 0.1) is 4.47 Å². The molecule has 112 valence electrons. The summed E-state index contributed by atoms with van der Waals surface area (Å²) in [6, 6.07) is 11.4. The molecule has 0 saturated carbocycles. The highest BCUT2D eigenvalue weighted by Gasteiger charge is 2.10. The van der Waals surface area contributed by atoms with E-state index in [0.717, 1.165) is 10.5 Å². The van der Waals surface area contributed by atoms with Crippen LogP contribution in [0.4, 0.5) is 8.78 Å². The fourth-order valence-electron chi connectivity index (χ4n) is 1.87. The average molecular weight is 373 g/mol. The largest absolute Gasteiger partial charge is 0.271 e. The molecule has 6 heteroatoms. The summed E-state index contributed by atoms with van der Waals surface area (Å²) in [5, 5.41) is 0. The van der Waals surface area contributed by atoms with Gasteiger partial charge in [-0.2, -0.15) is 0 Å². The number of rotatable bonds is 6. The maximum absolute atomic E-state index is 13.2. The smallest absolute Gasteiger partial charge is 0.137 e. The van der Waals surface area contributed by atoms with Gasteiger partial charge in [0.1, 0.15) is 11.6 Å². The molecule has 0 fully saturated rings. The lowest BCUT2D eigenvalue weighted by atomic mass is 10.1. The zero-order valence-electron chi connectivity index (χ0n) is 11.2. The Hall–Kier alpha value is -0.950. The number of nitrogens with two attached hydrogens (primary N) is 1. The molecule has 3 N–H and O–H groups in total. The molecular weight excluding hydrogens is 358 g/mol. The van der Waals surface area contributed by atoms with Crippen molar-refractivity contribution in [3.8, 4) is 0 Å². The number of halogens is 3. The van der Waals surface area contributed by atoms with E-state index in [-0.39, 0.29) is 17.7 Å². The normalized spacial score (nSPS) is 12.4. The summed E-state index contributed by atoms with van der Waals surface area (Å²) in [7, 11) is 0. The molecule has 0 heterocycles. The molecule has 0 saturated heterocycles. The summed E-state index contributed by atoms with van der Waals surface area (Å²) in [5.41, 5.74) is 3.72. The van der Waals surface area contributed by atoms with E-state index in [1.54, 1.807) is 18.2 Å². The van der Waals surface area contributed by atoms with Gasteiger partial charge >= 0.3 is 0 Å². The summed E-state index contributed by atoms with van der Waals surface area (Å²) >= 11 is 4.69. The quantitative estimate of drug-likeness (QED) is 0.458. The number of hydrogen-bond acceptors (Lipinski definition) is 3. The summed E-state index contributed by atoms with van der Waals surface area (Å²) in [5.74, 6) is 5.71. The van der Waals surface area contributed by atoms with Crippen LogP contribution in [-0.2, 0) is 6.42 Å². The van der Waals surface area contributed by atoms with Crippen LogP contribution in [-0.4, -0.2) is 11.8 Å². The SMILES string of the molecule is NNC(CSc1cccc(F)c1)Cc1ccc(F)c(Br)c1. The van der Waals surface area contributed by atoms with Gasteiger partial charge < -0.3 is 0 Å². The average Bonchev–Trinajstić information content (AvgIpc) is 2.47. The zero-order chi connectivity index (χ0) is 15.2. The van der Waals surface area contributed by atoms with Crippen molar-refractivity contribution in [1.82, 2.24) is 5.43 Å². The van der Waals surface area contributed by atoms with E-state index >= 15 is 0 Å². The van der Waals surface area contributed by atoms with Gasteiger partial charge in [0.15, 0.2) is 0 Å². The second-order valence-corrected chi connectivity index (χ2v) is 6.53. The Morgan fingerprint density at radius 3 is 2.67 bits per heavy atom. The number of hydrazine groups is 1. The molecule has 0 bridgehead atoms. The molecule has 0 aliphatic rings. The van der Waals surface area contributed by atoms with Crippen molar-refractivity contribution in [1.29, 1.82) is 0 Å². The first-order valence-electron chi connectivity index (χ1n) is 6.37. The Bertz CT molecular complexity index is 610. The van der Waals surface area contributed by atoms with Gasteiger partial charge in [-0.25, -0.2) is 8.78 Å². The molecule has 0 aliphatic heterocycles. The lowest BCUT2D eigenvalue weighted by Crippen LogP contribution is -2.38. The van der Waals surface area contributed by atoms with Crippen LogP contribution in [0.15, 0.2) is 51.8 Å². The highest BCUT2D eigenvalue weighted by atomic mass is 79.9. The number of hydrogen-bond donors (Lipinski definition) is 2. The van der Waals surface area contributed by atoms with E-state index < -0.39 is 0 Å². The lowest BCUT2D eigenvalue weighted by molar-refractivity contribution is 0.573. The van der Waals surface area contributed by atoms with Gasteiger partial charge in [0.25, 0.3) is 0 Å². The number of benzene rings is 2. The standard InChI is InChI=1S/C15H15BrF2N2S/c16-14-7-10(4-5-15(14)18)6-12(20-19)9-21-13-3-1-2-11(17)8-13/h1-5,7-8,12,20H,6,9,19H2. The highest BCUT2D eigenvalue weighted by molar-refractivity contribution is 9.10. The molecule has 0 spiro atoms. The van der Waals surface area contributed by atoms with Gasteiger partial charge in [-0.1, -0.05) is 12.1 Å². The molecule has 0 amide bonds. The fourth-order valence-corrected chi connectivity index (χ4v) is 3.28. The zero-order valence-corrected chi connectivity index (χ0v) is 13.6. The van der Waals surface area contributed by atoms with E-state index in [9.17, 15) is 8.78 Å². The second kappa shape index (κ2) is 7.89. The van der Waals surface area contributed by atoms with Gasteiger partial charge in [0, 0.05) is 16.7 Å². The molecule has 1 unspecified atom stereocenters. The molecule has 2 rings (SSSR count). The van der Waals surface area contributed by atoms with E-state index in [0.29, 0.717) is 16.6 Å². The van der Waals surface area contributed by atoms with E-state index in [1.807, 2.05) is 6.07 Å². The summed E-state index contributed by atoms with van der Waals surface area (Å²) < 4.78 is 26.7. The molecule has 2 aromatic carbocycles. The van der Waals surface area contributed by atoms with Crippen molar-refractivity contribution in [2.24, 2.45) is 5.84 Å². The molecule has 0 radical (unpaired) electrons. The Balaban J connectivity index is 1.95. The van der Waals surface area contributed by atoms with E-state index in [1.165, 1.54) is 30.0 Å². The molecule has 0 aliphatic carbocycles. The fraction of sp³-hybridized carbons (Fsp3) is 0.200. The maximum atomic E-state index is 13.2. The van der Waals surface area contributed by atoms with Crippen LogP contribution in [0.1, 0.15) is 5.56 Å². The third-order valence-corrected chi connectivity index (χ3v) is 4.71. The van der Waals surface area contributed by atoms with Crippen LogP contribution >= 0.6 is 27.7 Å². The Morgan fingerprint density at radius 1 is 1.19 bits per heavy atom. The molecule has 2 nitrogen and oxygen atoms in total. The third-order valence-electron chi connectivity index (χ3n) is 2.95. The van der Waals surface area contributed by atoms with E-state index in [4.69, 9.17) is 5.84 Å². The van der Waals surface area contributed by atoms with Crippen LogP contribution in [0, 0.1) is 11.6 Å². The Kier molecular flexibility index (Phi) is 6.17. The predicted molar refractivity (Wildman–Crippen MR) is 86.0 cm³/mol. The summed E-state index contributed by atoms with van der Waals surface area (Å²) in [6.07, 6.45) is 0.664. The molecule has 1 atom stereocenters. The van der Waals surface area contributed by atoms with Crippen LogP contribution in [0.25, 0.3) is 0 Å². The summed E-state index contributed by atoms with van der Waals surface area (Å²) in [6.45, 7) is 0. The minimum Gasteiger partial charge on any atom is -0.271 e. The van der Waals surface area contributed by atoms with Crippen molar-refractivity contribution < 1.29 is 8.78 Å². The minimum absolute atomic E-state index is 0.00984. The van der Waals surface area contributed by atoms with Crippen LogP contribution in [0.3, 0.4) is 0 Å². The number of thioether (sulfide) groups is 1. The lowest BCUT2D eigenvalue weighted by Gasteiger charge is -2.16. The molecule has 0 aromatic heterocycles.